The number of hydrogen-bond donors (Lipinski definition) is 1. The molecule has 0 bridgehead atoms. The summed E-state index contributed by atoms with van der Waals surface area (Å²) < 4.78 is 37.3. The van der Waals surface area contributed by atoms with Crippen molar-refractivity contribution >= 4 is 17.7 Å². The van der Waals surface area contributed by atoms with Crippen molar-refractivity contribution in [1.29, 1.82) is 0 Å². The van der Waals surface area contributed by atoms with Gasteiger partial charge in [-0.2, -0.15) is 13.2 Å². The van der Waals surface area contributed by atoms with E-state index in [1.165, 1.54) is 11.6 Å². The Morgan fingerprint density at radius 1 is 1.56 bits per heavy atom. The maximum absolute atomic E-state index is 12.0. The third kappa shape index (κ3) is 4.09. The van der Waals surface area contributed by atoms with E-state index in [0.717, 1.165) is 18.8 Å². The minimum absolute atomic E-state index is 0.218. The van der Waals surface area contributed by atoms with Crippen LogP contribution in [-0.2, 0) is 11.8 Å². The van der Waals surface area contributed by atoms with Gasteiger partial charge >= 0.3 is 11.9 Å². The van der Waals surface area contributed by atoms with Crippen LogP contribution in [0.25, 0.3) is 0 Å². The Bertz CT molecular complexity index is 481. The quantitative estimate of drug-likeness (QED) is 0.803. The first-order chi connectivity index (χ1) is 8.20. The summed E-state index contributed by atoms with van der Waals surface area (Å²) in [6, 6.07) is 0. The third-order valence-electron chi connectivity index (χ3n) is 2.01. The van der Waals surface area contributed by atoms with E-state index in [1.807, 2.05) is 0 Å². The first-order valence-corrected chi connectivity index (χ1v) is 5.74. The van der Waals surface area contributed by atoms with Gasteiger partial charge in [0.2, 0.25) is 5.91 Å². The van der Waals surface area contributed by atoms with Gasteiger partial charge in [-0.3, -0.25) is 9.36 Å². The smallest absolute Gasteiger partial charge is 0.336 e. The Kier molecular flexibility index (Phi) is 4.43. The molecule has 10 heteroatoms. The highest BCUT2D eigenvalue weighted by atomic mass is 32.2. The number of carbonyl (C=O) groups is 1. The van der Waals surface area contributed by atoms with Crippen molar-refractivity contribution < 1.29 is 18.0 Å². The van der Waals surface area contributed by atoms with E-state index in [0.29, 0.717) is 4.90 Å². The van der Waals surface area contributed by atoms with Crippen LogP contribution >= 0.6 is 11.8 Å². The molecule has 0 unspecified atom stereocenters. The van der Waals surface area contributed by atoms with Crippen molar-refractivity contribution in [2.24, 2.45) is 7.05 Å². The molecule has 0 spiro atoms. The molecule has 0 atom stereocenters. The van der Waals surface area contributed by atoms with Crippen molar-refractivity contribution in [3.05, 3.63) is 10.5 Å². The molecule has 0 aliphatic carbocycles. The van der Waals surface area contributed by atoms with Gasteiger partial charge in [0.15, 0.2) is 5.16 Å². The van der Waals surface area contributed by atoms with Gasteiger partial charge in [0.05, 0.1) is 5.75 Å². The van der Waals surface area contributed by atoms with Crippen LogP contribution in [0.1, 0.15) is 0 Å². The lowest BCUT2D eigenvalue weighted by atomic mass is 10.5. The molecule has 102 valence electrons. The predicted molar refractivity (Wildman–Crippen MR) is 58.2 cm³/mol. The first-order valence-electron chi connectivity index (χ1n) is 4.75. The van der Waals surface area contributed by atoms with Gasteiger partial charge in [-0.15, -0.1) is 5.10 Å². The van der Waals surface area contributed by atoms with Crippen LogP contribution < -0.4 is 5.69 Å². The van der Waals surface area contributed by atoms with Gasteiger partial charge in [-0.25, -0.2) is 9.89 Å². The molecule has 1 aromatic heterocycles. The summed E-state index contributed by atoms with van der Waals surface area (Å²) in [6.45, 7) is -1.30. The molecule has 0 radical (unpaired) electrons. The second-order valence-electron chi connectivity index (χ2n) is 3.52. The van der Waals surface area contributed by atoms with Gasteiger partial charge < -0.3 is 4.90 Å². The van der Waals surface area contributed by atoms with Crippen LogP contribution in [0.2, 0.25) is 0 Å². The number of nitrogens with zero attached hydrogens (tertiary/aromatic N) is 3. The molecule has 0 fully saturated rings. The summed E-state index contributed by atoms with van der Waals surface area (Å²) in [7, 11) is 2.51. The fraction of sp³-hybridized carbons (Fsp3) is 0.625. The summed E-state index contributed by atoms with van der Waals surface area (Å²) in [5.41, 5.74) is -0.450. The monoisotopic (exact) mass is 284 g/mol. The molecule has 0 saturated carbocycles. The molecule has 6 nitrogen and oxygen atoms in total. The Hall–Kier alpha value is -1.45. The Labute approximate surface area is 104 Å². The fourth-order valence-electron chi connectivity index (χ4n) is 1.06. The average molecular weight is 284 g/mol. The minimum Gasteiger partial charge on any atom is -0.336 e. The van der Waals surface area contributed by atoms with Crippen molar-refractivity contribution in [2.75, 3.05) is 19.3 Å². The normalized spacial score (nSPS) is 11.6. The number of thioether (sulfide) groups is 1. The largest absolute Gasteiger partial charge is 0.406 e. The topological polar surface area (TPSA) is 71.0 Å². The van der Waals surface area contributed by atoms with Crippen molar-refractivity contribution in [2.45, 2.75) is 11.3 Å². The molecular weight excluding hydrogens is 273 g/mol. The van der Waals surface area contributed by atoms with E-state index in [1.54, 1.807) is 0 Å². The number of aromatic amines is 1. The molecule has 1 N–H and O–H groups in total. The van der Waals surface area contributed by atoms with Crippen LogP contribution in [0.5, 0.6) is 0 Å². The van der Waals surface area contributed by atoms with E-state index in [9.17, 15) is 22.8 Å². The Balaban J connectivity index is 2.51. The number of aromatic nitrogens is 3. The summed E-state index contributed by atoms with van der Waals surface area (Å²) in [4.78, 5) is 23.0. The standard InChI is InChI=1S/C8H11F3N4O2S/c1-14(4-8(9,10)11)5(16)3-18-7-13-12-6(17)15(7)2/h3-4H2,1-2H3,(H,12,17). The number of halogens is 3. The van der Waals surface area contributed by atoms with Crippen LogP contribution in [0.15, 0.2) is 9.95 Å². The molecule has 1 heterocycles. The second-order valence-corrected chi connectivity index (χ2v) is 4.47. The predicted octanol–water partition coefficient (Wildman–Crippen LogP) is 0.221. The lowest BCUT2D eigenvalue weighted by molar-refractivity contribution is -0.156. The van der Waals surface area contributed by atoms with Gasteiger partial charge in [-0.1, -0.05) is 11.8 Å². The minimum atomic E-state index is -4.42. The maximum Gasteiger partial charge on any atom is 0.406 e. The van der Waals surface area contributed by atoms with E-state index >= 15 is 0 Å². The molecule has 0 saturated heterocycles. The SMILES string of the molecule is CN(CC(F)(F)F)C(=O)CSc1n[nH]c(=O)n1C. The second kappa shape index (κ2) is 5.46. The molecule has 0 aliphatic heterocycles. The zero-order valence-corrected chi connectivity index (χ0v) is 10.4. The number of hydrogen-bond acceptors (Lipinski definition) is 4. The van der Waals surface area contributed by atoms with Gasteiger partial charge in [0.1, 0.15) is 6.54 Å². The van der Waals surface area contributed by atoms with Gasteiger partial charge in [0, 0.05) is 14.1 Å². The van der Waals surface area contributed by atoms with E-state index < -0.39 is 24.3 Å². The Morgan fingerprint density at radius 3 is 2.61 bits per heavy atom. The van der Waals surface area contributed by atoms with E-state index in [-0.39, 0.29) is 10.9 Å². The summed E-state index contributed by atoms with van der Waals surface area (Å²) in [5, 5.41) is 6.02. The van der Waals surface area contributed by atoms with Crippen LogP contribution in [0, 0.1) is 0 Å². The number of nitrogens with one attached hydrogen (secondary N) is 1. The third-order valence-corrected chi connectivity index (χ3v) is 3.02. The van der Waals surface area contributed by atoms with E-state index in [4.69, 9.17) is 0 Å². The molecule has 18 heavy (non-hydrogen) atoms. The molecule has 0 aliphatic rings. The van der Waals surface area contributed by atoms with Gasteiger partial charge in [0.25, 0.3) is 0 Å². The summed E-state index contributed by atoms with van der Waals surface area (Å²) >= 11 is 0.892. The summed E-state index contributed by atoms with van der Waals surface area (Å²) in [6.07, 6.45) is -4.42. The number of carbonyl (C=O) groups excluding carboxylic acids is 1. The van der Waals surface area contributed by atoms with Crippen LogP contribution in [0.4, 0.5) is 13.2 Å². The number of rotatable bonds is 4. The highest BCUT2D eigenvalue weighted by Crippen LogP contribution is 2.17. The first kappa shape index (κ1) is 14.6. The fourth-order valence-corrected chi connectivity index (χ4v) is 1.91. The number of alkyl halides is 3. The maximum atomic E-state index is 12.0. The molecule has 0 aromatic carbocycles. The molecular formula is C8H11F3N4O2S. The van der Waals surface area contributed by atoms with Gasteiger partial charge in [-0.05, 0) is 0 Å². The molecule has 1 rings (SSSR count). The Morgan fingerprint density at radius 2 is 2.17 bits per heavy atom. The highest BCUT2D eigenvalue weighted by Gasteiger charge is 2.31. The average Bonchev–Trinajstić information content (AvgIpc) is 2.54. The van der Waals surface area contributed by atoms with Crippen LogP contribution in [0.3, 0.4) is 0 Å². The van der Waals surface area contributed by atoms with E-state index in [2.05, 4.69) is 10.2 Å². The lowest BCUT2D eigenvalue weighted by Gasteiger charge is -2.18. The van der Waals surface area contributed by atoms with Crippen molar-refractivity contribution in [1.82, 2.24) is 19.7 Å². The van der Waals surface area contributed by atoms with Crippen LogP contribution in [-0.4, -0.2) is 51.1 Å². The number of amides is 1. The number of H-pyrrole nitrogens is 1. The van der Waals surface area contributed by atoms with Crippen molar-refractivity contribution in [3.8, 4) is 0 Å². The zero-order valence-electron chi connectivity index (χ0n) is 9.61. The molecule has 1 amide bonds. The zero-order chi connectivity index (χ0) is 13.9. The highest BCUT2D eigenvalue weighted by molar-refractivity contribution is 7.99. The summed E-state index contributed by atoms with van der Waals surface area (Å²) in [5.74, 6) is -0.905. The molecule has 1 aromatic rings. The van der Waals surface area contributed by atoms with Crippen molar-refractivity contribution in [3.63, 3.8) is 0 Å². The lowest BCUT2D eigenvalue weighted by Crippen LogP contribution is -2.36.